The van der Waals surface area contributed by atoms with Gasteiger partial charge in [-0.1, -0.05) is 0 Å². The van der Waals surface area contributed by atoms with Gasteiger partial charge in [-0.15, -0.1) is 0 Å². The Labute approximate surface area is 133 Å². The molecule has 6 heteroatoms. The number of rotatable bonds is 0. The summed E-state index contributed by atoms with van der Waals surface area (Å²) in [6.45, 7) is 0.639. The molecule has 6 nitrogen and oxygen atoms in total. The van der Waals surface area contributed by atoms with Crippen LogP contribution in [0.25, 0.3) is 0 Å². The lowest BCUT2D eigenvalue weighted by Crippen LogP contribution is -2.78. The second-order valence-corrected chi connectivity index (χ2v) is 7.37. The van der Waals surface area contributed by atoms with E-state index in [1.165, 1.54) is 6.07 Å². The van der Waals surface area contributed by atoms with Gasteiger partial charge in [0.1, 0.15) is 17.7 Å². The standard InChI is InChI=1S/C17H19NO5/c1-18-7-6-16-11-8-2-3-9(19)13(11)23-15(16)10(20)4-5-17(16,22)14(18)12(8)21/h2-3,10,14-15,19-20,22H,4-7H2,1H3/t10-,14+,15-,16-,17+/m0/s1. The number of aliphatic hydroxyl groups excluding tert-OH is 1. The van der Waals surface area contributed by atoms with E-state index in [0.717, 1.165) is 0 Å². The van der Waals surface area contributed by atoms with Crippen LogP contribution in [0, 0.1) is 0 Å². The Morgan fingerprint density at radius 3 is 2.91 bits per heavy atom. The van der Waals surface area contributed by atoms with Gasteiger partial charge in [0.05, 0.1) is 11.5 Å². The predicted octanol–water partition coefficient (Wildman–Crippen LogP) is 0.177. The summed E-state index contributed by atoms with van der Waals surface area (Å²) in [4.78, 5) is 15.0. The van der Waals surface area contributed by atoms with Gasteiger partial charge in [-0.25, -0.2) is 0 Å². The summed E-state index contributed by atoms with van der Waals surface area (Å²) in [6.07, 6.45) is -0.0112. The topological polar surface area (TPSA) is 90.2 Å². The fourth-order valence-electron chi connectivity index (χ4n) is 5.60. The molecule has 4 aliphatic rings. The smallest absolute Gasteiger partial charge is 0.183 e. The number of hydrogen-bond donors (Lipinski definition) is 3. The molecule has 5 rings (SSSR count). The average Bonchev–Trinajstić information content (AvgIpc) is 2.86. The van der Waals surface area contributed by atoms with Gasteiger partial charge in [-0.05, 0) is 45.0 Å². The van der Waals surface area contributed by atoms with Crippen molar-refractivity contribution in [2.75, 3.05) is 13.6 Å². The number of likely N-dealkylation sites (tertiary alicyclic amines) is 1. The fraction of sp³-hybridized carbons (Fsp3) is 0.588. The number of aromatic hydroxyl groups is 1. The van der Waals surface area contributed by atoms with Gasteiger partial charge in [0.15, 0.2) is 17.3 Å². The number of ketones is 1. The van der Waals surface area contributed by atoms with Gasteiger partial charge in [-0.3, -0.25) is 9.69 Å². The number of nitrogens with zero attached hydrogens (tertiary/aromatic N) is 1. The number of phenols is 1. The Bertz CT molecular complexity index is 749. The molecule has 0 unspecified atom stereocenters. The highest BCUT2D eigenvalue weighted by atomic mass is 16.5. The van der Waals surface area contributed by atoms with E-state index in [4.69, 9.17) is 4.74 Å². The largest absolute Gasteiger partial charge is 0.504 e. The summed E-state index contributed by atoms with van der Waals surface area (Å²) in [5, 5.41) is 32.3. The molecule has 1 spiro atoms. The molecule has 23 heavy (non-hydrogen) atoms. The van der Waals surface area contributed by atoms with Crippen LogP contribution in [0.5, 0.6) is 11.5 Å². The van der Waals surface area contributed by atoms with E-state index in [9.17, 15) is 20.1 Å². The number of carbonyl (C=O) groups excluding carboxylic acids is 1. The Hall–Kier alpha value is -1.63. The number of Topliss-reactive ketones (excluding diaryl/α,β-unsaturated/α-hetero) is 1. The third-order valence-corrected chi connectivity index (χ3v) is 6.52. The zero-order valence-electron chi connectivity index (χ0n) is 12.8. The molecule has 1 saturated carbocycles. The Morgan fingerprint density at radius 1 is 1.35 bits per heavy atom. The number of likely N-dealkylation sites (N-methyl/N-ethyl adjacent to an activating group) is 1. The van der Waals surface area contributed by atoms with E-state index < -0.39 is 29.3 Å². The first-order valence-corrected chi connectivity index (χ1v) is 8.10. The Morgan fingerprint density at radius 2 is 2.13 bits per heavy atom. The molecule has 0 amide bonds. The van der Waals surface area contributed by atoms with Crippen LogP contribution in [0.1, 0.15) is 35.2 Å². The fourth-order valence-corrected chi connectivity index (χ4v) is 5.60. The van der Waals surface area contributed by atoms with Crippen LogP contribution in [-0.4, -0.2) is 63.4 Å². The number of carbonyl (C=O) groups is 1. The van der Waals surface area contributed by atoms with E-state index in [0.29, 0.717) is 36.9 Å². The number of phenolic OH excluding ortho intramolecular Hbond substituents is 1. The molecule has 0 aromatic heterocycles. The molecule has 2 heterocycles. The predicted molar refractivity (Wildman–Crippen MR) is 79.8 cm³/mol. The monoisotopic (exact) mass is 317 g/mol. The zero-order valence-corrected chi connectivity index (χ0v) is 12.8. The van der Waals surface area contributed by atoms with Crippen molar-refractivity contribution in [3.63, 3.8) is 0 Å². The number of ether oxygens (including phenoxy) is 1. The van der Waals surface area contributed by atoms with Crippen LogP contribution in [0.3, 0.4) is 0 Å². The molecule has 0 radical (unpaired) electrons. The first-order valence-electron chi connectivity index (χ1n) is 8.10. The minimum atomic E-state index is -1.27. The van der Waals surface area contributed by atoms with Crippen molar-refractivity contribution in [2.24, 2.45) is 0 Å². The molecule has 1 saturated heterocycles. The lowest BCUT2D eigenvalue weighted by molar-refractivity contribution is -0.192. The SMILES string of the molecule is CN1CC[C@]23c4c5ccc(O)c4O[C@H]2[C@@H](O)CC[C@@]3(O)[C@H]1C5=O. The van der Waals surface area contributed by atoms with E-state index in [-0.39, 0.29) is 17.3 Å². The highest BCUT2D eigenvalue weighted by Gasteiger charge is 2.74. The van der Waals surface area contributed by atoms with Gasteiger partial charge < -0.3 is 20.1 Å². The van der Waals surface area contributed by atoms with Gasteiger partial charge >= 0.3 is 0 Å². The summed E-state index contributed by atoms with van der Waals surface area (Å²) in [6, 6.07) is 2.46. The molecule has 1 aromatic carbocycles. The molecule has 3 N–H and O–H groups in total. The Balaban J connectivity index is 1.91. The van der Waals surface area contributed by atoms with Crippen LogP contribution >= 0.6 is 0 Å². The highest BCUT2D eigenvalue weighted by molar-refractivity contribution is 6.06. The summed E-state index contributed by atoms with van der Waals surface area (Å²) in [5.41, 5.74) is -0.972. The molecule has 2 aliphatic heterocycles. The van der Waals surface area contributed by atoms with E-state index in [1.54, 1.807) is 6.07 Å². The van der Waals surface area contributed by atoms with Crippen molar-refractivity contribution in [1.82, 2.24) is 4.90 Å². The van der Waals surface area contributed by atoms with Crippen molar-refractivity contribution in [3.8, 4) is 11.5 Å². The van der Waals surface area contributed by atoms with Crippen LogP contribution in [-0.2, 0) is 5.41 Å². The molecule has 2 fully saturated rings. The van der Waals surface area contributed by atoms with Gasteiger partial charge in [-0.2, -0.15) is 0 Å². The zero-order chi connectivity index (χ0) is 16.1. The average molecular weight is 317 g/mol. The van der Waals surface area contributed by atoms with Crippen molar-refractivity contribution in [3.05, 3.63) is 23.3 Å². The van der Waals surface area contributed by atoms with Crippen LogP contribution in [0.15, 0.2) is 12.1 Å². The maximum absolute atomic E-state index is 13.1. The highest BCUT2D eigenvalue weighted by Crippen LogP contribution is 2.65. The van der Waals surface area contributed by atoms with Crippen LogP contribution in [0.2, 0.25) is 0 Å². The quantitative estimate of drug-likeness (QED) is 0.632. The molecular formula is C17H19NO5. The minimum absolute atomic E-state index is 0.0350. The van der Waals surface area contributed by atoms with Gasteiger partial charge in [0.25, 0.3) is 0 Å². The van der Waals surface area contributed by atoms with E-state index in [2.05, 4.69) is 0 Å². The lowest BCUT2D eigenvalue weighted by Gasteiger charge is -2.62. The minimum Gasteiger partial charge on any atom is -0.504 e. The first kappa shape index (κ1) is 13.8. The Kier molecular flexibility index (Phi) is 2.33. The second kappa shape index (κ2) is 3.88. The van der Waals surface area contributed by atoms with Crippen LogP contribution < -0.4 is 4.74 Å². The molecular weight excluding hydrogens is 298 g/mol. The molecule has 2 aliphatic carbocycles. The first-order chi connectivity index (χ1) is 10.9. The normalized spacial score (nSPS) is 44.0. The van der Waals surface area contributed by atoms with Crippen molar-refractivity contribution in [1.29, 1.82) is 0 Å². The van der Waals surface area contributed by atoms with E-state index in [1.807, 2.05) is 11.9 Å². The number of benzene rings is 1. The molecule has 122 valence electrons. The summed E-state index contributed by atoms with van der Waals surface area (Å²) < 4.78 is 5.94. The van der Waals surface area contributed by atoms with Crippen molar-refractivity contribution < 1.29 is 24.9 Å². The number of aliphatic hydroxyl groups is 2. The summed E-state index contributed by atoms with van der Waals surface area (Å²) in [7, 11) is 1.86. The van der Waals surface area contributed by atoms with Gasteiger partial charge in [0, 0.05) is 11.1 Å². The molecule has 2 bridgehead atoms. The van der Waals surface area contributed by atoms with Gasteiger partial charge in [0.2, 0.25) is 0 Å². The maximum atomic E-state index is 13.1. The summed E-state index contributed by atoms with van der Waals surface area (Å²) >= 11 is 0. The van der Waals surface area contributed by atoms with Crippen molar-refractivity contribution in [2.45, 2.75) is 48.5 Å². The number of piperidine rings is 1. The van der Waals surface area contributed by atoms with E-state index >= 15 is 0 Å². The molecule has 5 atom stereocenters. The third kappa shape index (κ3) is 1.24. The lowest BCUT2D eigenvalue weighted by atomic mass is 9.48. The third-order valence-electron chi connectivity index (χ3n) is 6.52. The van der Waals surface area contributed by atoms with Crippen molar-refractivity contribution >= 4 is 5.78 Å². The second-order valence-electron chi connectivity index (χ2n) is 7.37. The maximum Gasteiger partial charge on any atom is 0.183 e. The van der Waals surface area contributed by atoms with Crippen LogP contribution in [0.4, 0.5) is 0 Å². The molecule has 1 aromatic rings. The summed E-state index contributed by atoms with van der Waals surface area (Å²) in [5.74, 6) is 0.109. The number of hydrogen-bond acceptors (Lipinski definition) is 6.